The van der Waals surface area contributed by atoms with Gasteiger partial charge < -0.3 is 14.6 Å². The third-order valence-electron chi connectivity index (χ3n) is 6.39. The summed E-state index contributed by atoms with van der Waals surface area (Å²) in [5.74, 6) is 0.464. The molecule has 1 saturated carbocycles. The van der Waals surface area contributed by atoms with E-state index >= 15 is 0 Å². The van der Waals surface area contributed by atoms with Crippen LogP contribution in [0, 0.1) is 0 Å². The molecular weight excluding hydrogens is 398 g/mol. The molecule has 2 amide bonds. The Bertz CT molecular complexity index is 1110. The number of methoxy groups -OCH3 is 1. The number of hydrogen-bond acceptors (Lipinski definition) is 4. The number of carbonyl (C=O) groups excluding carboxylic acids is 2. The van der Waals surface area contributed by atoms with Crippen LogP contribution < -0.4 is 15.0 Å². The lowest BCUT2D eigenvalue weighted by atomic mass is 9.93. The Balaban J connectivity index is 1.60. The second kappa shape index (κ2) is 7.16. The van der Waals surface area contributed by atoms with E-state index in [0.717, 1.165) is 35.9 Å². The highest BCUT2D eigenvalue weighted by atomic mass is 32.1. The number of thiophene rings is 1. The number of nitrogens with one attached hydrogen (secondary N) is 1. The maximum Gasteiger partial charge on any atom is 0.275 e. The molecule has 3 aromatic rings. The molecule has 1 aromatic carbocycles. The van der Waals surface area contributed by atoms with Crippen molar-refractivity contribution in [2.45, 2.75) is 50.7 Å². The Morgan fingerprint density at radius 2 is 1.93 bits per heavy atom. The first-order valence-corrected chi connectivity index (χ1v) is 11.3. The van der Waals surface area contributed by atoms with Gasteiger partial charge in [-0.15, -0.1) is 11.3 Å². The zero-order valence-electron chi connectivity index (χ0n) is 17.2. The third kappa shape index (κ3) is 2.91. The van der Waals surface area contributed by atoms with E-state index in [0.29, 0.717) is 23.7 Å². The van der Waals surface area contributed by atoms with E-state index in [2.05, 4.69) is 5.32 Å². The minimum Gasteiger partial charge on any atom is -0.497 e. The molecule has 7 heteroatoms. The zero-order chi connectivity index (χ0) is 20.9. The Labute approximate surface area is 179 Å². The Morgan fingerprint density at radius 1 is 1.20 bits per heavy atom. The zero-order valence-corrected chi connectivity index (χ0v) is 18.0. The van der Waals surface area contributed by atoms with Crippen molar-refractivity contribution in [1.82, 2.24) is 9.88 Å². The first-order valence-electron chi connectivity index (χ1n) is 10.4. The lowest BCUT2D eigenvalue weighted by Gasteiger charge is -2.44. The van der Waals surface area contributed by atoms with Gasteiger partial charge in [-0.1, -0.05) is 12.8 Å². The van der Waals surface area contributed by atoms with Gasteiger partial charge in [0.1, 0.15) is 21.8 Å². The summed E-state index contributed by atoms with van der Waals surface area (Å²) in [6.07, 6.45) is 4.28. The molecule has 1 aliphatic carbocycles. The molecule has 0 unspecified atom stereocenters. The van der Waals surface area contributed by atoms with E-state index in [1.807, 2.05) is 53.3 Å². The van der Waals surface area contributed by atoms with Crippen molar-refractivity contribution < 1.29 is 14.3 Å². The maximum atomic E-state index is 13.7. The molecule has 30 heavy (non-hydrogen) atoms. The van der Waals surface area contributed by atoms with Gasteiger partial charge in [-0.3, -0.25) is 14.5 Å². The van der Waals surface area contributed by atoms with Gasteiger partial charge >= 0.3 is 0 Å². The van der Waals surface area contributed by atoms with E-state index in [-0.39, 0.29) is 17.9 Å². The van der Waals surface area contributed by atoms with Gasteiger partial charge in [-0.2, -0.15) is 0 Å². The molecule has 2 aromatic heterocycles. The molecule has 2 aliphatic rings. The number of amides is 2. The van der Waals surface area contributed by atoms with E-state index in [4.69, 9.17) is 4.74 Å². The standard InChI is InChI=1S/C23H25N3O3S/c1-23(22(28)24-16-5-3-4-6-16)14-25-19(13-15-11-12-30-21(15)25)20(27)26(23)17-7-9-18(29-2)10-8-17/h7-13,16H,3-6,14H2,1-2H3,(H,24,28)/t23-/m1/s1. The number of ether oxygens (including phenoxy) is 1. The van der Waals surface area contributed by atoms with Crippen LogP contribution >= 0.6 is 11.3 Å². The number of benzene rings is 1. The quantitative estimate of drug-likeness (QED) is 0.684. The average molecular weight is 424 g/mol. The van der Waals surface area contributed by atoms with Gasteiger partial charge in [-0.05, 0) is 61.5 Å². The fraction of sp³-hybridized carbons (Fsp3) is 0.391. The molecule has 1 N–H and O–H groups in total. The van der Waals surface area contributed by atoms with Crippen LogP contribution in [0.15, 0.2) is 41.8 Å². The van der Waals surface area contributed by atoms with Crippen molar-refractivity contribution in [3.8, 4) is 5.75 Å². The number of fused-ring (bicyclic) bond motifs is 3. The van der Waals surface area contributed by atoms with Crippen LogP contribution in [-0.2, 0) is 11.3 Å². The number of nitrogens with zero attached hydrogens (tertiary/aromatic N) is 2. The number of anilines is 1. The molecule has 3 heterocycles. The molecule has 0 radical (unpaired) electrons. The summed E-state index contributed by atoms with van der Waals surface area (Å²) in [5.41, 5.74) is 0.288. The largest absolute Gasteiger partial charge is 0.497 e. The van der Waals surface area contributed by atoms with Crippen molar-refractivity contribution in [3.63, 3.8) is 0 Å². The van der Waals surface area contributed by atoms with Gasteiger partial charge in [0.25, 0.3) is 5.91 Å². The SMILES string of the molecule is COc1ccc(N2C(=O)c3cc4ccsc4n3C[C@]2(C)C(=O)NC2CCCC2)cc1. The highest BCUT2D eigenvalue weighted by Crippen LogP contribution is 2.38. The van der Waals surface area contributed by atoms with Crippen molar-refractivity contribution >= 4 is 39.1 Å². The van der Waals surface area contributed by atoms with Gasteiger partial charge in [0, 0.05) is 17.1 Å². The van der Waals surface area contributed by atoms with Crippen LogP contribution in [0.1, 0.15) is 43.1 Å². The maximum absolute atomic E-state index is 13.7. The highest BCUT2D eigenvalue weighted by Gasteiger charge is 2.49. The first-order chi connectivity index (χ1) is 14.5. The minimum absolute atomic E-state index is 0.0948. The fourth-order valence-electron chi connectivity index (χ4n) is 4.74. The van der Waals surface area contributed by atoms with Gasteiger partial charge in [0.05, 0.1) is 13.7 Å². The third-order valence-corrected chi connectivity index (χ3v) is 7.35. The Hall–Kier alpha value is -2.80. The summed E-state index contributed by atoms with van der Waals surface area (Å²) in [6.45, 7) is 2.30. The number of aromatic nitrogens is 1. The van der Waals surface area contributed by atoms with Crippen LogP contribution in [0.2, 0.25) is 0 Å². The predicted octanol–water partition coefficient (Wildman–Crippen LogP) is 4.19. The van der Waals surface area contributed by atoms with Crippen molar-refractivity contribution in [2.75, 3.05) is 12.0 Å². The van der Waals surface area contributed by atoms with Crippen molar-refractivity contribution in [2.24, 2.45) is 0 Å². The second-order valence-electron chi connectivity index (χ2n) is 8.36. The van der Waals surface area contributed by atoms with Gasteiger partial charge in [0.15, 0.2) is 0 Å². The summed E-state index contributed by atoms with van der Waals surface area (Å²) < 4.78 is 7.28. The number of carbonyl (C=O) groups is 2. The highest BCUT2D eigenvalue weighted by molar-refractivity contribution is 7.16. The van der Waals surface area contributed by atoms with Crippen molar-refractivity contribution in [3.05, 3.63) is 47.5 Å². The summed E-state index contributed by atoms with van der Waals surface area (Å²) >= 11 is 1.60. The number of hydrogen-bond donors (Lipinski definition) is 1. The molecular formula is C23H25N3O3S. The van der Waals surface area contributed by atoms with E-state index < -0.39 is 5.54 Å². The summed E-state index contributed by atoms with van der Waals surface area (Å²) in [5, 5.41) is 6.29. The minimum atomic E-state index is -1.03. The van der Waals surface area contributed by atoms with Crippen LogP contribution in [-0.4, -0.2) is 35.1 Å². The smallest absolute Gasteiger partial charge is 0.275 e. The van der Waals surface area contributed by atoms with Crippen molar-refractivity contribution in [1.29, 1.82) is 0 Å². The summed E-state index contributed by atoms with van der Waals surface area (Å²) in [4.78, 5) is 30.0. The van der Waals surface area contributed by atoms with E-state index in [9.17, 15) is 9.59 Å². The molecule has 0 saturated heterocycles. The monoisotopic (exact) mass is 423 g/mol. The predicted molar refractivity (Wildman–Crippen MR) is 118 cm³/mol. The molecule has 5 rings (SSSR count). The fourth-order valence-corrected chi connectivity index (χ4v) is 5.64. The molecule has 0 spiro atoms. The van der Waals surface area contributed by atoms with Crippen LogP contribution in [0.4, 0.5) is 5.69 Å². The normalized spacial score (nSPS) is 21.8. The lowest BCUT2D eigenvalue weighted by Crippen LogP contribution is -2.65. The van der Waals surface area contributed by atoms with Gasteiger partial charge in [-0.25, -0.2) is 0 Å². The van der Waals surface area contributed by atoms with E-state index in [1.54, 1.807) is 23.3 Å². The molecule has 1 fully saturated rings. The Kier molecular flexibility index (Phi) is 4.58. The summed E-state index contributed by atoms with van der Waals surface area (Å²) in [7, 11) is 1.61. The van der Waals surface area contributed by atoms with Crippen LogP contribution in [0.3, 0.4) is 0 Å². The number of rotatable bonds is 4. The molecule has 1 atom stereocenters. The average Bonchev–Trinajstić information content (AvgIpc) is 3.47. The van der Waals surface area contributed by atoms with Gasteiger partial charge in [0.2, 0.25) is 5.91 Å². The first kappa shape index (κ1) is 19.2. The Morgan fingerprint density at radius 3 is 2.63 bits per heavy atom. The molecule has 156 valence electrons. The van der Waals surface area contributed by atoms with E-state index in [1.165, 1.54) is 0 Å². The summed E-state index contributed by atoms with van der Waals surface area (Å²) in [6, 6.07) is 11.5. The topological polar surface area (TPSA) is 63.6 Å². The molecule has 1 aliphatic heterocycles. The second-order valence-corrected chi connectivity index (χ2v) is 9.26. The van der Waals surface area contributed by atoms with Crippen LogP contribution in [0.25, 0.3) is 10.2 Å². The molecule has 0 bridgehead atoms. The molecule has 6 nitrogen and oxygen atoms in total. The lowest BCUT2D eigenvalue weighted by molar-refractivity contribution is -0.127. The van der Waals surface area contributed by atoms with Crippen LogP contribution in [0.5, 0.6) is 5.75 Å².